The van der Waals surface area contributed by atoms with E-state index >= 15 is 0 Å². The van der Waals surface area contributed by atoms with Gasteiger partial charge in [-0.3, -0.25) is 8.75 Å². The SMILES string of the molecule is COc1ccc(C(Nc2ncnc3c2ncn3[C@@H]2O[C@H](COC(c3ccccc3)(c3ccc(OC)cc3)c3ccc(OC)cc3)[C@@H](O)[C@H]2OS(=O)(=O)c2ccc(C)cc2)(c2ccccc2)c2ccc(OC)cc2)cc1. The summed E-state index contributed by atoms with van der Waals surface area (Å²) in [6.07, 6.45) is -2.75. The first-order valence-corrected chi connectivity index (χ1v) is 25.5. The fraction of sp³-hybridized carbons (Fsp3) is 0.203. The second-order valence-corrected chi connectivity index (χ2v) is 19.5. The van der Waals surface area contributed by atoms with Crippen LogP contribution in [0.15, 0.2) is 200 Å². The van der Waals surface area contributed by atoms with Crippen molar-refractivity contribution in [3.63, 3.8) is 0 Å². The highest BCUT2D eigenvalue weighted by atomic mass is 32.2. The first-order chi connectivity index (χ1) is 36.5. The van der Waals surface area contributed by atoms with Crippen molar-refractivity contribution in [3.05, 3.63) is 234 Å². The number of hydrogen-bond donors (Lipinski definition) is 2. The molecule has 1 aliphatic heterocycles. The summed E-state index contributed by atoms with van der Waals surface area (Å²) in [4.78, 5) is 14.3. The van der Waals surface area contributed by atoms with Crippen LogP contribution in [0.3, 0.4) is 0 Å². The van der Waals surface area contributed by atoms with E-state index in [4.69, 9.17) is 47.6 Å². The van der Waals surface area contributed by atoms with Gasteiger partial charge in [-0.2, -0.15) is 8.42 Å². The third kappa shape index (κ3) is 9.65. The van der Waals surface area contributed by atoms with Crippen LogP contribution in [0.2, 0.25) is 0 Å². The summed E-state index contributed by atoms with van der Waals surface area (Å²) in [7, 11) is 1.92. The molecule has 2 aromatic heterocycles. The molecule has 2 N–H and O–H groups in total. The molecular formula is C59H55N5O10S. The lowest BCUT2D eigenvalue weighted by molar-refractivity contribution is -0.0939. The largest absolute Gasteiger partial charge is 0.497 e. The summed E-state index contributed by atoms with van der Waals surface area (Å²) in [5, 5.41) is 16.3. The summed E-state index contributed by atoms with van der Waals surface area (Å²) >= 11 is 0. The average Bonchev–Trinajstić information content (AvgIpc) is 4.03. The summed E-state index contributed by atoms with van der Waals surface area (Å²) < 4.78 is 72.5. The van der Waals surface area contributed by atoms with Gasteiger partial charge in [0.25, 0.3) is 10.1 Å². The normalized spacial score (nSPS) is 16.9. The van der Waals surface area contributed by atoms with E-state index in [1.807, 2.05) is 165 Å². The molecule has 0 spiro atoms. The molecule has 1 saturated heterocycles. The molecule has 1 fully saturated rings. The summed E-state index contributed by atoms with van der Waals surface area (Å²) in [5.41, 5.74) is 3.86. The number of imidazole rings is 1. The lowest BCUT2D eigenvalue weighted by Gasteiger charge is -2.37. The van der Waals surface area contributed by atoms with Crippen molar-refractivity contribution in [1.29, 1.82) is 0 Å². The predicted molar refractivity (Wildman–Crippen MR) is 283 cm³/mol. The van der Waals surface area contributed by atoms with E-state index in [0.29, 0.717) is 34.3 Å². The summed E-state index contributed by atoms with van der Waals surface area (Å²) in [6.45, 7) is 1.60. The molecule has 16 heteroatoms. The minimum Gasteiger partial charge on any atom is -0.497 e. The van der Waals surface area contributed by atoms with Crippen LogP contribution >= 0.6 is 0 Å². The van der Waals surface area contributed by atoms with E-state index < -0.39 is 45.8 Å². The maximum atomic E-state index is 14.3. The van der Waals surface area contributed by atoms with Gasteiger partial charge in [-0.05, 0) is 101 Å². The van der Waals surface area contributed by atoms with E-state index in [1.165, 1.54) is 24.8 Å². The number of anilines is 1. The smallest absolute Gasteiger partial charge is 0.297 e. The minimum atomic E-state index is -4.52. The number of hydrogen-bond acceptors (Lipinski definition) is 14. The molecule has 9 aromatic rings. The van der Waals surface area contributed by atoms with Crippen LogP contribution in [0, 0.1) is 6.92 Å². The van der Waals surface area contributed by atoms with Gasteiger partial charge in [0.2, 0.25) is 0 Å². The number of ether oxygens (including phenoxy) is 6. The van der Waals surface area contributed by atoms with Gasteiger partial charge in [-0.15, -0.1) is 0 Å². The van der Waals surface area contributed by atoms with E-state index in [9.17, 15) is 13.5 Å². The van der Waals surface area contributed by atoms with Crippen molar-refractivity contribution in [1.82, 2.24) is 19.5 Å². The Labute approximate surface area is 435 Å². The van der Waals surface area contributed by atoms with Crippen LogP contribution in [0.1, 0.15) is 45.2 Å². The van der Waals surface area contributed by atoms with Gasteiger partial charge in [-0.1, -0.05) is 127 Å². The highest BCUT2D eigenvalue weighted by Gasteiger charge is 2.50. The Kier molecular flexibility index (Phi) is 14.4. The zero-order valence-electron chi connectivity index (χ0n) is 41.8. The van der Waals surface area contributed by atoms with Crippen LogP contribution < -0.4 is 24.3 Å². The van der Waals surface area contributed by atoms with Gasteiger partial charge < -0.3 is 38.8 Å². The van der Waals surface area contributed by atoms with E-state index in [2.05, 4.69) is 5.32 Å². The van der Waals surface area contributed by atoms with Gasteiger partial charge in [0, 0.05) is 0 Å². The molecular weight excluding hydrogens is 971 g/mol. The van der Waals surface area contributed by atoms with Crippen LogP contribution in [-0.2, 0) is 34.9 Å². The monoisotopic (exact) mass is 1030 g/mol. The molecule has 382 valence electrons. The molecule has 0 radical (unpaired) electrons. The van der Waals surface area contributed by atoms with Crippen LogP contribution in [0.5, 0.6) is 23.0 Å². The number of aliphatic hydroxyl groups is 1. The highest BCUT2D eigenvalue weighted by Crippen LogP contribution is 2.45. The first-order valence-electron chi connectivity index (χ1n) is 24.1. The molecule has 1 aliphatic rings. The number of rotatable bonds is 19. The predicted octanol–water partition coefficient (Wildman–Crippen LogP) is 9.61. The van der Waals surface area contributed by atoms with Crippen LogP contribution in [0.25, 0.3) is 11.2 Å². The number of benzene rings is 7. The van der Waals surface area contributed by atoms with E-state index in [-0.39, 0.29) is 17.1 Å². The third-order valence-electron chi connectivity index (χ3n) is 13.7. The van der Waals surface area contributed by atoms with Crippen molar-refractivity contribution in [2.24, 2.45) is 0 Å². The van der Waals surface area contributed by atoms with E-state index in [0.717, 1.165) is 38.9 Å². The van der Waals surface area contributed by atoms with Crippen molar-refractivity contribution in [2.45, 2.75) is 47.5 Å². The van der Waals surface area contributed by atoms with Crippen molar-refractivity contribution in [3.8, 4) is 23.0 Å². The molecule has 10 rings (SSSR count). The fourth-order valence-corrected chi connectivity index (χ4v) is 10.8. The van der Waals surface area contributed by atoms with Crippen molar-refractivity contribution < 1.29 is 46.1 Å². The van der Waals surface area contributed by atoms with E-state index in [1.54, 1.807) is 45.1 Å². The Morgan fingerprint density at radius 3 is 1.53 bits per heavy atom. The fourth-order valence-electron chi connectivity index (χ4n) is 9.77. The number of aromatic nitrogens is 4. The van der Waals surface area contributed by atoms with Gasteiger partial charge in [0.05, 0.1) is 46.3 Å². The Morgan fingerprint density at radius 2 is 1.04 bits per heavy atom. The van der Waals surface area contributed by atoms with Gasteiger partial charge in [0.15, 0.2) is 29.3 Å². The molecule has 7 aromatic carbocycles. The Morgan fingerprint density at radius 1 is 0.587 bits per heavy atom. The van der Waals surface area contributed by atoms with Crippen molar-refractivity contribution in [2.75, 3.05) is 40.4 Å². The zero-order valence-corrected chi connectivity index (χ0v) is 42.6. The molecule has 0 unspecified atom stereocenters. The number of methoxy groups -OCH3 is 4. The van der Waals surface area contributed by atoms with Crippen LogP contribution in [-0.4, -0.2) is 86.4 Å². The van der Waals surface area contributed by atoms with Gasteiger partial charge >= 0.3 is 0 Å². The molecule has 75 heavy (non-hydrogen) atoms. The maximum absolute atomic E-state index is 14.3. The lowest BCUT2D eigenvalue weighted by Crippen LogP contribution is -2.40. The Bertz CT molecular complexity index is 3360. The molecule has 0 aliphatic carbocycles. The second kappa shape index (κ2) is 21.4. The maximum Gasteiger partial charge on any atom is 0.297 e. The molecule has 3 heterocycles. The lowest BCUT2D eigenvalue weighted by atomic mass is 9.77. The molecule has 0 amide bonds. The molecule has 0 bridgehead atoms. The zero-order chi connectivity index (χ0) is 52.2. The quantitative estimate of drug-likeness (QED) is 0.0579. The summed E-state index contributed by atoms with van der Waals surface area (Å²) in [6, 6.07) is 56.5. The number of fused-ring (bicyclic) bond motifs is 1. The van der Waals surface area contributed by atoms with Gasteiger partial charge in [-0.25, -0.2) is 15.0 Å². The third-order valence-corrected chi connectivity index (χ3v) is 15.0. The highest BCUT2D eigenvalue weighted by molar-refractivity contribution is 7.86. The standard InChI is InChI=1S/C59H55N5O10S/c1-39-16-34-50(35-17-39)75(66,67)74-54-53(65)51(36-72-59(43-14-10-7-11-15-43,44-22-30-48(70-4)31-23-44)45-24-32-49(71-5)33-25-45)73-57(54)64-38-62-52-55(60-37-61-56(52)64)63-58(40-12-8-6-9-13-40,41-18-26-46(68-2)27-19-41)42-20-28-47(69-3)29-21-42/h6-35,37-38,51,53-54,57,65H,36H2,1-5H3,(H,60,61,63)/t51-,53-,54-,57-/m1/s1. The Balaban J connectivity index is 1.08. The molecule has 15 nitrogen and oxygen atoms in total. The number of nitrogens with zero attached hydrogens (tertiary/aromatic N) is 4. The van der Waals surface area contributed by atoms with Gasteiger partial charge in [0.1, 0.15) is 52.7 Å². The van der Waals surface area contributed by atoms with Crippen molar-refractivity contribution >= 4 is 27.1 Å². The Hall–Kier alpha value is -8.12. The first kappa shape index (κ1) is 50.4. The number of aliphatic hydroxyl groups excluding tert-OH is 1. The number of aryl methyl sites for hydroxylation is 1. The minimum absolute atomic E-state index is 0.0977. The average molecular weight is 1030 g/mol. The van der Waals surface area contributed by atoms with Crippen LogP contribution in [0.4, 0.5) is 5.82 Å². The summed E-state index contributed by atoms with van der Waals surface area (Å²) in [5.74, 6) is 2.97. The second-order valence-electron chi connectivity index (χ2n) is 17.9. The topological polar surface area (TPSA) is 175 Å². The molecule has 4 atom stereocenters. The molecule has 0 saturated carbocycles. The number of nitrogens with one attached hydrogen (secondary N) is 1.